The Morgan fingerprint density at radius 2 is 2.10 bits per heavy atom. The number of rotatable bonds is 3. The van der Waals surface area contributed by atoms with Crippen LogP contribution < -0.4 is 0 Å². The van der Waals surface area contributed by atoms with Gasteiger partial charge in [-0.25, -0.2) is 4.39 Å². The van der Waals surface area contributed by atoms with E-state index >= 15 is 0 Å². The summed E-state index contributed by atoms with van der Waals surface area (Å²) in [6.07, 6.45) is -0.321. The number of hydrogen-bond acceptors (Lipinski definition) is 4. The van der Waals surface area contributed by atoms with Crippen LogP contribution in [0.1, 0.15) is 26.7 Å². The number of aliphatic hydroxyl groups excluding tert-OH is 1. The first-order valence-corrected chi connectivity index (χ1v) is 6.61. The number of aromatic nitrogens is 2. The van der Waals surface area contributed by atoms with E-state index in [4.69, 9.17) is 16.1 Å². The quantitative estimate of drug-likeness (QED) is 0.942. The van der Waals surface area contributed by atoms with Crippen molar-refractivity contribution in [3.05, 3.63) is 34.9 Å². The molecule has 1 heterocycles. The Morgan fingerprint density at radius 3 is 2.70 bits per heavy atom. The Kier molecular flexibility index (Phi) is 4.11. The molecule has 0 aliphatic carbocycles. The number of halogens is 2. The molecule has 4 nitrogen and oxygen atoms in total. The van der Waals surface area contributed by atoms with Gasteiger partial charge in [-0.3, -0.25) is 0 Å². The minimum atomic E-state index is -0.590. The van der Waals surface area contributed by atoms with E-state index in [1.54, 1.807) is 0 Å². The molecule has 1 atom stereocenters. The third-order valence-corrected chi connectivity index (χ3v) is 3.30. The minimum absolute atomic E-state index is 0.00331. The molecule has 1 aromatic heterocycles. The van der Waals surface area contributed by atoms with E-state index in [0.29, 0.717) is 17.3 Å². The minimum Gasteiger partial charge on any atom is -0.392 e. The molecule has 1 unspecified atom stereocenters. The zero-order valence-electron chi connectivity index (χ0n) is 11.5. The predicted octanol–water partition coefficient (Wildman–Crippen LogP) is 3.48. The maximum absolute atomic E-state index is 13.1. The molecule has 0 radical (unpaired) electrons. The van der Waals surface area contributed by atoms with Gasteiger partial charge in [-0.1, -0.05) is 37.5 Å². The third kappa shape index (κ3) is 3.35. The topological polar surface area (TPSA) is 59.2 Å². The van der Waals surface area contributed by atoms with E-state index in [9.17, 15) is 9.50 Å². The van der Waals surface area contributed by atoms with E-state index in [-0.39, 0.29) is 16.9 Å². The molecule has 6 heteroatoms. The summed E-state index contributed by atoms with van der Waals surface area (Å²) >= 11 is 5.71. The van der Waals surface area contributed by atoms with Gasteiger partial charge in [-0.2, -0.15) is 4.98 Å². The van der Waals surface area contributed by atoms with Crippen molar-refractivity contribution in [3.8, 4) is 11.4 Å². The molecule has 0 aliphatic rings. The van der Waals surface area contributed by atoms with Crippen LogP contribution in [0.15, 0.2) is 22.7 Å². The van der Waals surface area contributed by atoms with Crippen molar-refractivity contribution in [2.45, 2.75) is 33.3 Å². The fourth-order valence-electron chi connectivity index (χ4n) is 1.56. The SMILES string of the molecule is CC(C)(C)C(O)Cc1nc(-c2ccc(F)c(Cl)c2)no1. The van der Waals surface area contributed by atoms with Crippen LogP contribution in [-0.4, -0.2) is 21.4 Å². The summed E-state index contributed by atoms with van der Waals surface area (Å²) in [5.74, 6) is 0.160. The van der Waals surface area contributed by atoms with Crippen LogP contribution in [0.2, 0.25) is 5.02 Å². The highest BCUT2D eigenvalue weighted by Crippen LogP contribution is 2.25. The lowest BCUT2D eigenvalue weighted by molar-refractivity contribution is 0.0565. The third-order valence-electron chi connectivity index (χ3n) is 3.01. The van der Waals surface area contributed by atoms with Crippen LogP contribution in [0.4, 0.5) is 4.39 Å². The van der Waals surface area contributed by atoms with Crippen molar-refractivity contribution in [2.75, 3.05) is 0 Å². The fourth-order valence-corrected chi connectivity index (χ4v) is 1.74. The van der Waals surface area contributed by atoms with Crippen molar-refractivity contribution < 1.29 is 14.0 Å². The molecule has 20 heavy (non-hydrogen) atoms. The smallest absolute Gasteiger partial charge is 0.229 e. The molecule has 108 valence electrons. The Labute approximate surface area is 121 Å². The lowest BCUT2D eigenvalue weighted by atomic mass is 9.87. The summed E-state index contributed by atoms with van der Waals surface area (Å²) in [6.45, 7) is 5.78. The van der Waals surface area contributed by atoms with Crippen molar-refractivity contribution in [2.24, 2.45) is 5.41 Å². The van der Waals surface area contributed by atoms with Gasteiger partial charge in [-0.05, 0) is 23.6 Å². The normalized spacial score (nSPS) is 13.5. The second kappa shape index (κ2) is 5.50. The molecule has 1 aromatic carbocycles. The Bertz CT molecular complexity index is 607. The molecule has 1 N–H and O–H groups in total. The average molecular weight is 299 g/mol. The van der Waals surface area contributed by atoms with Crippen LogP contribution in [0, 0.1) is 11.2 Å². The van der Waals surface area contributed by atoms with Gasteiger partial charge in [0.25, 0.3) is 0 Å². The second-order valence-corrected chi connectivity index (χ2v) is 6.13. The number of aliphatic hydroxyl groups is 1. The molecule has 0 aliphatic heterocycles. The summed E-state index contributed by atoms with van der Waals surface area (Å²) in [7, 11) is 0. The summed E-state index contributed by atoms with van der Waals surface area (Å²) in [5, 5.41) is 13.8. The van der Waals surface area contributed by atoms with Crippen molar-refractivity contribution in [3.63, 3.8) is 0 Å². The van der Waals surface area contributed by atoms with Crippen LogP contribution in [0.25, 0.3) is 11.4 Å². The highest BCUT2D eigenvalue weighted by molar-refractivity contribution is 6.31. The Morgan fingerprint density at radius 1 is 1.40 bits per heavy atom. The van der Waals surface area contributed by atoms with E-state index in [1.165, 1.54) is 18.2 Å². The average Bonchev–Trinajstić information content (AvgIpc) is 2.80. The maximum Gasteiger partial charge on any atom is 0.229 e. The van der Waals surface area contributed by atoms with Gasteiger partial charge in [0.15, 0.2) is 0 Å². The van der Waals surface area contributed by atoms with E-state index in [2.05, 4.69) is 10.1 Å². The number of nitrogens with zero attached hydrogens (tertiary/aromatic N) is 2. The molecular weight excluding hydrogens is 283 g/mol. The lowest BCUT2D eigenvalue weighted by Gasteiger charge is -2.24. The highest BCUT2D eigenvalue weighted by Gasteiger charge is 2.24. The second-order valence-electron chi connectivity index (χ2n) is 5.73. The Balaban J connectivity index is 2.18. The van der Waals surface area contributed by atoms with Crippen LogP contribution in [0.5, 0.6) is 0 Å². The van der Waals surface area contributed by atoms with Gasteiger partial charge in [0.1, 0.15) is 5.82 Å². The monoisotopic (exact) mass is 298 g/mol. The highest BCUT2D eigenvalue weighted by atomic mass is 35.5. The van der Waals surface area contributed by atoms with Gasteiger partial charge in [0.2, 0.25) is 11.7 Å². The Hall–Kier alpha value is -1.46. The standard InChI is InChI=1S/C14H16ClFN2O2/c1-14(2,3)11(19)7-12-17-13(18-20-12)8-4-5-10(16)9(15)6-8/h4-6,11,19H,7H2,1-3H3. The summed E-state index contributed by atoms with van der Waals surface area (Å²) < 4.78 is 18.2. The molecular formula is C14H16ClFN2O2. The molecule has 0 spiro atoms. The maximum atomic E-state index is 13.1. The molecule has 0 amide bonds. The largest absolute Gasteiger partial charge is 0.392 e. The predicted molar refractivity (Wildman–Crippen MR) is 73.9 cm³/mol. The van der Waals surface area contributed by atoms with Gasteiger partial charge in [0, 0.05) is 5.56 Å². The van der Waals surface area contributed by atoms with E-state index < -0.39 is 11.9 Å². The molecule has 2 aromatic rings. The molecule has 0 saturated heterocycles. The fraction of sp³-hybridized carbons (Fsp3) is 0.429. The molecule has 0 saturated carbocycles. The van der Waals surface area contributed by atoms with Gasteiger partial charge >= 0.3 is 0 Å². The van der Waals surface area contributed by atoms with Crippen molar-refractivity contribution in [1.29, 1.82) is 0 Å². The zero-order valence-corrected chi connectivity index (χ0v) is 12.3. The van der Waals surface area contributed by atoms with Crippen molar-refractivity contribution >= 4 is 11.6 Å². The van der Waals surface area contributed by atoms with Crippen LogP contribution in [0.3, 0.4) is 0 Å². The van der Waals surface area contributed by atoms with Gasteiger partial charge < -0.3 is 9.63 Å². The molecule has 0 bridgehead atoms. The first kappa shape index (κ1) is 14.9. The van der Waals surface area contributed by atoms with Crippen LogP contribution in [-0.2, 0) is 6.42 Å². The molecule has 0 fully saturated rings. The first-order chi connectivity index (χ1) is 9.27. The van der Waals surface area contributed by atoms with E-state index in [0.717, 1.165) is 0 Å². The zero-order chi connectivity index (χ0) is 14.9. The summed E-state index contributed by atoms with van der Waals surface area (Å²) in [5.41, 5.74) is 0.296. The first-order valence-electron chi connectivity index (χ1n) is 6.23. The van der Waals surface area contributed by atoms with Crippen molar-refractivity contribution in [1.82, 2.24) is 10.1 Å². The van der Waals surface area contributed by atoms with Crippen LogP contribution >= 0.6 is 11.6 Å². The summed E-state index contributed by atoms with van der Waals surface area (Å²) in [4.78, 5) is 4.19. The lowest BCUT2D eigenvalue weighted by Crippen LogP contribution is -2.28. The molecule has 2 rings (SSSR count). The van der Waals surface area contributed by atoms with Gasteiger partial charge in [-0.15, -0.1) is 0 Å². The number of benzene rings is 1. The number of hydrogen-bond donors (Lipinski definition) is 1. The van der Waals surface area contributed by atoms with Gasteiger partial charge in [0.05, 0.1) is 17.5 Å². The van der Waals surface area contributed by atoms with E-state index in [1.807, 2.05) is 20.8 Å². The summed E-state index contributed by atoms with van der Waals surface area (Å²) in [6, 6.07) is 4.21.